The van der Waals surface area contributed by atoms with E-state index in [0.717, 1.165) is 37.0 Å². The molecule has 1 N–H and O–H groups in total. The van der Waals surface area contributed by atoms with Gasteiger partial charge in [0.05, 0.1) is 6.10 Å². The van der Waals surface area contributed by atoms with Crippen LogP contribution in [0.25, 0.3) is 0 Å². The normalized spacial score (nSPS) is 24.2. The molecule has 2 rings (SSSR count). The largest absolute Gasteiger partial charge is 0.487 e. The fourth-order valence-corrected chi connectivity index (χ4v) is 2.98. The lowest BCUT2D eigenvalue weighted by Crippen LogP contribution is -2.33. The molecule has 2 nitrogen and oxygen atoms in total. The van der Waals surface area contributed by atoms with E-state index in [2.05, 4.69) is 45.9 Å². The van der Waals surface area contributed by atoms with Gasteiger partial charge in [0, 0.05) is 0 Å². The molecule has 21 heavy (non-hydrogen) atoms. The van der Waals surface area contributed by atoms with Crippen molar-refractivity contribution < 1.29 is 9.84 Å². The molecule has 0 amide bonds. The molecule has 0 heterocycles. The number of aliphatic hydroxyl groups is 1. The molecule has 0 aliphatic heterocycles. The van der Waals surface area contributed by atoms with E-state index >= 15 is 0 Å². The molecule has 1 aromatic carbocycles. The second kappa shape index (κ2) is 6.83. The summed E-state index contributed by atoms with van der Waals surface area (Å²) in [6.07, 6.45) is 6.21. The van der Waals surface area contributed by atoms with E-state index in [1.54, 1.807) is 0 Å². The van der Waals surface area contributed by atoms with Crippen LogP contribution in [0.3, 0.4) is 0 Å². The van der Waals surface area contributed by atoms with Crippen molar-refractivity contribution in [3.8, 4) is 5.75 Å². The van der Waals surface area contributed by atoms with Gasteiger partial charge in [-0.05, 0) is 48.8 Å². The van der Waals surface area contributed by atoms with Crippen LogP contribution in [-0.4, -0.2) is 17.3 Å². The lowest BCUT2D eigenvalue weighted by atomic mass is 9.86. The predicted octanol–water partition coefficient (Wildman–Crippen LogP) is 4.76. The summed E-state index contributed by atoms with van der Waals surface area (Å²) in [5.41, 5.74) is 2.64. The zero-order valence-corrected chi connectivity index (χ0v) is 14.0. The van der Waals surface area contributed by atoms with E-state index in [1.807, 2.05) is 0 Å². The Hall–Kier alpha value is -1.02. The molecule has 0 radical (unpaired) electrons. The number of rotatable bonds is 2. The molecule has 2 heteroatoms. The Kier molecular flexibility index (Phi) is 5.32. The first-order valence-electron chi connectivity index (χ1n) is 8.34. The van der Waals surface area contributed by atoms with Crippen LogP contribution in [-0.2, 0) is 5.41 Å². The molecule has 1 aliphatic rings. The molecule has 0 bridgehead atoms. The third-order valence-corrected chi connectivity index (χ3v) is 4.49. The molecular weight excluding hydrogens is 260 g/mol. The minimum Gasteiger partial charge on any atom is -0.487 e. The van der Waals surface area contributed by atoms with Crippen LogP contribution in [0.4, 0.5) is 0 Å². The summed E-state index contributed by atoms with van der Waals surface area (Å²) in [4.78, 5) is 0. The van der Waals surface area contributed by atoms with E-state index in [-0.39, 0.29) is 17.6 Å². The van der Waals surface area contributed by atoms with Gasteiger partial charge in [-0.1, -0.05) is 52.2 Å². The number of hydrogen-bond acceptors (Lipinski definition) is 2. The monoisotopic (exact) mass is 290 g/mol. The highest BCUT2D eigenvalue weighted by Gasteiger charge is 2.23. The minimum atomic E-state index is -0.327. The Labute approximate surface area is 129 Å². The molecule has 0 aromatic heterocycles. The molecule has 0 spiro atoms. The summed E-state index contributed by atoms with van der Waals surface area (Å²) in [6.45, 7) is 8.77. The summed E-state index contributed by atoms with van der Waals surface area (Å²) in [5.74, 6) is 0.924. The van der Waals surface area contributed by atoms with Gasteiger partial charge in [0.25, 0.3) is 0 Å². The molecular formula is C19H30O2. The third-order valence-electron chi connectivity index (χ3n) is 4.49. The summed E-state index contributed by atoms with van der Waals surface area (Å²) in [6, 6.07) is 6.43. The first-order valence-corrected chi connectivity index (χ1v) is 8.34. The van der Waals surface area contributed by atoms with Gasteiger partial charge >= 0.3 is 0 Å². The first-order chi connectivity index (χ1) is 9.88. The van der Waals surface area contributed by atoms with Gasteiger partial charge in [0.2, 0.25) is 0 Å². The van der Waals surface area contributed by atoms with Gasteiger partial charge in [0.15, 0.2) is 0 Å². The number of hydrogen-bond donors (Lipinski definition) is 1. The van der Waals surface area contributed by atoms with Gasteiger partial charge in [-0.3, -0.25) is 0 Å². The number of ether oxygens (including phenoxy) is 1. The maximum atomic E-state index is 10.3. The van der Waals surface area contributed by atoms with E-state index in [1.165, 1.54) is 18.4 Å². The summed E-state index contributed by atoms with van der Waals surface area (Å²) in [7, 11) is 0. The maximum Gasteiger partial charge on any atom is 0.124 e. The van der Waals surface area contributed by atoms with Crippen LogP contribution in [0, 0.1) is 6.92 Å². The Morgan fingerprint density at radius 2 is 1.71 bits per heavy atom. The SMILES string of the molecule is Cc1cc(C(C)(C)C)ccc1OC1CCCCCCC1O. The zero-order valence-electron chi connectivity index (χ0n) is 14.0. The summed E-state index contributed by atoms with van der Waals surface area (Å²) < 4.78 is 6.15. The Bertz CT molecular complexity index is 459. The molecule has 2 unspecified atom stereocenters. The molecule has 0 saturated heterocycles. The van der Waals surface area contributed by atoms with Crippen molar-refractivity contribution in [3.05, 3.63) is 29.3 Å². The highest BCUT2D eigenvalue weighted by molar-refractivity contribution is 5.38. The highest BCUT2D eigenvalue weighted by Crippen LogP contribution is 2.30. The van der Waals surface area contributed by atoms with E-state index in [0.29, 0.717) is 0 Å². The van der Waals surface area contributed by atoms with Crippen molar-refractivity contribution in [3.63, 3.8) is 0 Å². The Morgan fingerprint density at radius 1 is 1.05 bits per heavy atom. The van der Waals surface area contributed by atoms with E-state index < -0.39 is 0 Å². The quantitative estimate of drug-likeness (QED) is 0.851. The Morgan fingerprint density at radius 3 is 2.33 bits per heavy atom. The van der Waals surface area contributed by atoms with E-state index in [4.69, 9.17) is 4.74 Å². The molecule has 1 aliphatic carbocycles. The van der Waals surface area contributed by atoms with Crippen molar-refractivity contribution in [1.82, 2.24) is 0 Å². The second-order valence-electron chi connectivity index (χ2n) is 7.45. The van der Waals surface area contributed by atoms with Gasteiger partial charge in [-0.2, -0.15) is 0 Å². The van der Waals surface area contributed by atoms with Gasteiger partial charge in [0.1, 0.15) is 11.9 Å². The third kappa shape index (κ3) is 4.47. The highest BCUT2D eigenvalue weighted by atomic mass is 16.5. The number of aliphatic hydroxyl groups excluding tert-OH is 1. The average Bonchev–Trinajstić information content (AvgIpc) is 2.39. The van der Waals surface area contributed by atoms with Gasteiger partial charge < -0.3 is 9.84 Å². The van der Waals surface area contributed by atoms with Crippen molar-refractivity contribution in [2.45, 2.75) is 83.8 Å². The van der Waals surface area contributed by atoms with Crippen LogP contribution in [0.15, 0.2) is 18.2 Å². The molecule has 1 saturated carbocycles. The van der Waals surface area contributed by atoms with Crippen LogP contribution >= 0.6 is 0 Å². The molecule has 1 fully saturated rings. The lowest BCUT2D eigenvalue weighted by Gasteiger charge is -2.28. The van der Waals surface area contributed by atoms with Crippen LogP contribution in [0.2, 0.25) is 0 Å². The first kappa shape index (κ1) is 16.4. The Balaban J connectivity index is 2.11. The number of aryl methyl sites for hydroxylation is 1. The minimum absolute atomic E-state index is 0.0514. The van der Waals surface area contributed by atoms with Crippen molar-refractivity contribution in [1.29, 1.82) is 0 Å². The second-order valence-corrected chi connectivity index (χ2v) is 7.45. The van der Waals surface area contributed by atoms with Crippen molar-refractivity contribution in [2.24, 2.45) is 0 Å². The summed E-state index contributed by atoms with van der Waals surface area (Å²) >= 11 is 0. The molecule has 118 valence electrons. The smallest absolute Gasteiger partial charge is 0.124 e. The predicted molar refractivity (Wildman–Crippen MR) is 88.0 cm³/mol. The summed E-state index contributed by atoms with van der Waals surface area (Å²) in [5, 5.41) is 10.3. The van der Waals surface area contributed by atoms with Crippen LogP contribution < -0.4 is 4.74 Å². The van der Waals surface area contributed by atoms with Gasteiger partial charge in [-0.15, -0.1) is 0 Å². The van der Waals surface area contributed by atoms with Gasteiger partial charge in [-0.25, -0.2) is 0 Å². The van der Waals surface area contributed by atoms with E-state index in [9.17, 15) is 5.11 Å². The fraction of sp³-hybridized carbons (Fsp3) is 0.684. The van der Waals surface area contributed by atoms with Crippen molar-refractivity contribution >= 4 is 0 Å². The lowest BCUT2D eigenvalue weighted by molar-refractivity contribution is 0.0184. The van der Waals surface area contributed by atoms with Crippen molar-refractivity contribution in [2.75, 3.05) is 0 Å². The maximum absolute atomic E-state index is 10.3. The van der Waals surface area contributed by atoms with Crippen LogP contribution in [0.5, 0.6) is 5.75 Å². The molecule has 1 aromatic rings. The topological polar surface area (TPSA) is 29.5 Å². The average molecular weight is 290 g/mol. The van der Waals surface area contributed by atoms with Crippen LogP contribution in [0.1, 0.15) is 70.4 Å². The molecule has 2 atom stereocenters. The fourth-order valence-electron chi connectivity index (χ4n) is 2.98. The number of benzene rings is 1. The zero-order chi connectivity index (χ0) is 15.5. The standard InChI is InChI=1S/C19H30O2/c1-14-13-15(19(2,3)4)11-12-17(14)21-18-10-8-6-5-7-9-16(18)20/h11-13,16,18,20H,5-10H2,1-4H3.